The summed E-state index contributed by atoms with van der Waals surface area (Å²) in [5, 5.41) is 7.32. The second-order valence-corrected chi connectivity index (χ2v) is 6.26. The number of amides is 1. The summed E-state index contributed by atoms with van der Waals surface area (Å²) in [5.41, 5.74) is 3.68. The predicted molar refractivity (Wildman–Crippen MR) is 101 cm³/mol. The first kappa shape index (κ1) is 16.5. The molecule has 24 heavy (non-hydrogen) atoms. The largest absolute Gasteiger partial charge is 0.380 e. The van der Waals surface area contributed by atoms with Crippen molar-refractivity contribution >= 4 is 38.4 Å². The van der Waals surface area contributed by atoms with Crippen LogP contribution in [0.5, 0.6) is 0 Å². The molecule has 5 heteroatoms. The van der Waals surface area contributed by atoms with Gasteiger partial charge >= 0.3 is 0 Å². The lowest BCUT2D eigenvalue weighted by molar-refractivity contribution is 0.0955. The smallest absolute Gasteiger partial charge is 0.251 e. The first-order valence-corrected chi connectivity index (χ1v) is 8.62. The summed E-state index contributed by atoms with van der Waals surface area (Å²) in [6.07, 6.45) is 1.79. The Morgan fingerprint density at radius 1 is 1.17 bits per heavy atom. The van der Waals surface area contributed by atoms with Gasteiger partial charge in [-0.15, -0.1) is 0 Å². The fraction of sp³-hybridized carbons (Fsp3) is 0.158. The average molecular weight is 384 g/mol. The van der Waals surface area contributed by atoms with Crippen molar-refractivity contribution in [3.05, 3.63) is 70.3 Å². The van der Waals surface area contributed by atoms with Gasteiger partial charge in [-0.1, -0.05) is 24.3 Å². The predicted octanol–water partition coefficient (Wildman–Crippen LogP) is 4.36. The van der Waals surface area contributed by atoms with Gasteiger partial charge in [-0.3, -0.25) is 9.78 Å². The molecule has 0 spiro atoms. The van der Waals surface area contributed by atoms with Gasteiger partial charge in [0.25, 0.3) is 5.91 Å². The summed E-state index contributed by atoms with van der Waals surface area (Å²) in [4.78, 5) is 16.4. The molecule has 0 radical (unpaired) electrons. The number of anilines is 1. The van der Waals surface area contributed by atoms with Crippen LogP contribution in [0, 0.1) is 0 Å². The molecular weight excluding hydrogens is 366 g/mol. The van der Waals surface area contributed by atoms with E-state index in [4.69, 9.17) is 0 Å². The Morgan fingerprint density at radius 3 is 2.83 bits per heavy atom. The van der Waals surface area contributed by atoms with Gasteiger partial charge in [0.2, 0.25) is 0 Å². The quantitative estimate of drug-likeness (QED) is 0.687. The molecule has 3 rings (SSSR count). The van der Waals surface area contributed by atoms with E-state index >= 15 is 0 Å². The molecule has 4 nitrogen and oxygen atoms in total. The zero-order chi connectivity index (χ0) is 16.9. The summed E-state index contributed by atoms with van der Waals surface area (Å²) in [6.45, 7) is 3.17. The topological polar surface area (TPSA) is 54.0 Å². The SMILES string of the molecule is CCNC(=O)c1cccc(CNc2ccnc3c(Br)cccc23)c1. The molecule has 0 aliphatic heterocycles. The number of pyridine rings is 1. The Bertz CT molecular complexity index is 879. The molecule has 0 aliphatic rings. The molecule has 1 amide bonds. The highest BCUT2D eigenvalue weighted by Gasteiger charge is 2.07. The maximum Gasteiger partial charge on any atom is 0.251 e. The summed E-state index contributed by atoms with van der Waals surface area (Å²) in [6, 6.07) is 15.6. The van der Waals surface area contributed by atoms with E-state index < -0.39 is 0 Å². The van der Waals surface area contributed by atoms with Gasteiger partial charge in [0, 0.05) is 40.4 Å². The number of nitrogens with zero attached hydrogens (tertiary/aromatic N) is 1. The van der Waals surface area contributed by atoms with Gasteiger partial charge in [0.1, 0.15) is 0 Å². The van der Waals surface area contributed by atoms with Crippen LogP contribution in [0.25, 0.3) is 10.9 Å². The van der Waals surface area contributed by atoms with Gasteiger partial charge in [-0.25, -0.2) is 0 Å². The molecule has 0 saturated heterocycles. The van der Waals surface area contributed by atoms with Gasteiger partial charge in [-0.05, 0) is 52.7 Å². The van der Waals surface area contributed by atoms with Crippen molar-refractivity contribution in [2.75, 3.05) is 11.9 Å². The third-order valence-electron chi connectivity index (χ3n) is 3.73. The maximum absolute atomic E-state index is 11.9. The molecule has 0 fully saturated rings. The van der Waals surface area contributed by atoms with E-state index in [0.29, 0.717) is 18.7 Å². The minimum absolute atomic E-state index is 0.0439. The normalized spacial score (nSPS) is 10.6. The number of benzene rings is 2. The van der Waals surface area contributed by atoms with Crippen LogP contribution in [0.4, 0.5) is 5.69 Å². The van der Waals surface area contributed by atoms with Crippen LogP contribution in [0.15, 0.2) is 59.2 Å². The molecule has 2 N–H and O–H groups in total. The summed E-state index contributed by atoms with van der Waals surface area (Å²) in [5.74, 6) is -0.0439. The van der Waals surface area contributed by atoms with E-state index in [0.717, 1.165) is 26.6 Å². The third kappa shape index (κ3) is 3.57. The molecular formula is C19H18BrN3O. The molecule has 0 atom stereocenters. The standard InChI is InChI=1S/C19H18BrN3O/c1-2-21-19(24)14-6-3-5-13(11-14)12-23-17-9-10-22-18-15(17)7-4-8-16(18)20/h3-11H,2,12H2,1H3,(H,21,24)(H,22,23). The minimum Gasteiger partial charge on any atom is -0.380 e. The van der Waals surface area contributed by atoms with E-state index in [-0.39, 0.29) is 5.91 Å². The van der Waals surface area contributed by atoms with E-state index in [9.17, 15) is 4.79 Å². The fourth-order valence-electron chi connectivity index (χ4n) is 2.58. The molecule has 0 saturated carbocycles. The van der Waals surface area contributed by atoms with Gasteiger partial charge in [-0.2, -0.15) is 0 Å². The number of rotatable bonds is 5. The Kier molecular flexibility index (Phi) is 5.11. The van der Waals surface area contributed by atoms with Gasteiger partial charge in [0.05, 0.1) is 5.52 Å². The van der Waals surface area contributed by atoms with Crippen molar-refractivity contribution in [2.24, 2.45) is 0 Å². The van der Waals surface area contributed by atoms with Crippen LogP contribution in [-0.4, -0.2) is 17.4 Å². The van der Waals surface area contributed by atoms with Gasteiger partial charge in [0.15, 0.2) is 0 Å². The summed E-state index contributed by atoms with van der Waals surface area (Å²) < 4.78 is 0.974. The van der Waals surface area contributed by atoms with E-state index in [2.05, 4.69) is 31.5 Å². The Morgan fingerprint density at radius 2 is 2.00 bits per heavy atom. The zero-order valence-electron chi connectivity index (χ0n) is 13.3. The molecule has 1 heterocycles. The lowest BCUT2D eigenvalue weighted by Gasteiger charge is -2.11. The highest BCUT2D eigenvalue weighted by Crippen LogP contribution is 2.27. The van der Waals surface area contributed by atoms with Crippen LogP contribution in [0.1, 0.15) is 22.8 Å². The van der Waals surface area contributed by atoms with Crippen LogP contribution >= 0.6 is 15.9 Å². The van der Waals surface area contributed by atoms with E-state index in [1.165, 1.54) is 0 Å². The van der Waals surface area contributed by atoms with Crippen LogP contribution in [0.2, 0.25) is 0 Å². The molecule has 122 valence electrons. The minimum atomic E-state index is -0.0439. The van der Waals surface area contributed by atoms with Crippen molar-refractivity contribution in [3.63, 3.8) is 0 Å². The Hall–Kier alpha value is -2.40. The number of para-hydroxylation sites is 1. The summed E-state index contributed by atoms with van der Waals surface area (Å²) in [7, 11) is 0. The van der Waals surface area contributed by atoms with E-state index in [1.807, 2.05) is 55.5 Å². The first-order chi connectivity index (χ1) is 11.7. The van der Waals surface area contributed by atoms with E-state index in [1.54, 1.807) is 6.20 Å². The molecule has 2 aromatic carbocycles. The number of nitrogens with one attached hydrogen (secondary N) is 2. The lowest BCUT2D eigenvalue weighted by atomic mass is 10.1. The fourth-order valence-corrected chi connectivity index (χ4v) is 3.05. The highest BCUT2D eigenvalue weighted by atomic mass is 79.9. The Balaban J connectivity index is 1.80. The molecule has 0 aliphatic carbocycles. The van der Waals surface area contributed by atoms with Crippen LogP contribution in [0.3, 0.4) is 0 Å². The monoisotopic (exact) mass is 383 g/mol. The number of carbonyl (C=O) groups is 1. The average Bonchev–Trinajstić information content (AvgIpc) is 2.61. The van der Waals surface area contributed by atoms with Crippen LogP contribution in [-0.2, 0) is 6.54 Å². The van der Waals surface area contributed by atoms with Crippen molar-refractivity contribution < 1.29 is 4.79 Å². The first-order valence-electron chi connectivity index (χ1n) is 7.83. The number of aromatic nitrogens is 1. The number of halogens is 1. The molecule has 0 bridgehead atoms. The second-order valence-electron chi connectivity index (χ2n) is 5.41. The zero-order valence-corrected chi connectivity index (χ0v) is 14.9. The Labute approximate surface area is 149 Å². The van der Waals surface area contributed by atoms with Crippen molar-refractivity contribution in [1.29, 1.82) is 0 Å². The molecule has 1 aromatic heterocycles. The van der Waals surface area contributed by atoms with Crippen LogP contribution < -0.4 is 10.6 Å². The van der Waals surface area contributed by atoms with Crippen molar-refractivity contribution in [3.8, 4) is 0 Å². The number of hydrogen-bond donors (Lipinski definition) is 2. The molecule has 3 aromatic rings. The van der Waals surface area contributed by atoms with Crippen molar-refractivity contribution in [2.45, 2.75) is 13.5 Å². The highest BCUT2D eigenvalue weighted by molar-refractivity contribution is 9.10. The number of hydrogen-bond acceptors (Lipinski definition) is 3. The second kappa shape index (κ2) is 7.45. The van der Waals surface area contributed by atoms with Gasteiger partial charge < -0.3 is 10.6 Å². The third-order valence-corrected chi connectivity index (χ3v) is 4.37. The molecule has 0 unspecified atom stereocenters. The maximum atomic E-state index is 11.9. The number of carbonyl (C=O) groups excluding carboxylic acids is 1. The number of fused-ring (bicyclic) bond motifs is 1. The van der Waals surface area contributed by atoms with Crippen molar-refractivity contribution in [1.82, 2.24) is 10.3 Å². The summed E-state index contributed by atoms with van der Waals surface area (Å²) >= 11 is 3.53. The lowest BCUT2D eigenvalue weighted by Crippen LogP contribution is -2.22.